The van der Waals surface area contributed by atoms with Gasteiger partial charge in [-0.2, -0.15) is 0 Å². The minimum atomic E-state index is -0.382. The standard InChI is InChI=1S/C17H15N3O3S/c1-9-13-15(20-12-6-4-11(5-7-12)10(2)21)18-8-19-16(13)24-14(9)17(22)23-3/h4-8H,1-3H3,(H,18,19,20). The maximum atomic E-state index is 11.9. The third-order valence-electron chi connectivity index (χ3n) is 3.65. The SMILES string of the molecule is COC(=O)c1sc2ncnc(Nc3ccc(C(C)=O)cc3)c2c1C. The predicted octanol–water partition coefficient (Wildman–Crippen LogP) is 3.73. The second-order valence-corrected chi connectivity index (χ2v) is 6.21. The van der Waals surface area contributed by atoms with Crippen molar-refractivity contribution in [3.63, 3.8) is 0 Å². The monoisotopic (exact) mass is 341 g/mol. The minimum absolute atomic E-state index is 0.0161. The first-order valence-electron chi connectivity index (χ1n) is 7.21. The van der Waals surface area contributed by atoms with Crippen molar-refractivity contribution in [1.82, 2.24) is 9.97 Å². The van der Waals surface area contributed by atoms with Gasteiger partial charge in [-0.15, -0.1) is 11.3 Å². The predicted molar refractivity (Wildman–Crippen MR) is 93.2 cm³/mol. The quantitative estimate of drug-likeness (QED) is 0.575. The molecule has 1 N–H and O–H groups in total. The fourth-order valence-corrected chi connectivity index (χ4v) is 3.45. The Morgan fingerprint density at radius 3 is 2.50 bits per heavy atom. The second kappa shape index (κ2) is 6.37. The smallest absolute Gasteiger partial charge is 0.348 e. The molecule has 0 bridgehead atoms. The summed E-state index contributed by atoms with van der Waals surface area (Å²) in [7, 11) is 1.35. The normalized spacial score (nSPS) is 10.6. The van der Waals surface area contributed by atoms with Crippen LogP contribution in [0.3, 0.4) is 0 Å². The number of aromatic nitrogens is 2. The number of methoxy groups -OCH3 is 1. The summed E-state index contributed by atoms with van der Waals surface area (Å²) >= 11 is 1.28. The molecule has 0 spiro atoms. The van der Waals surface area contributed by atoms with Crippen LogP contribution in [0, 0.1) is 6.92 Å². The van der Waals surface area contributed by atoms with Crippen LogP contribution in [0.2, 0.25) is 0 Å². The van der Waals surface area contributed by atoms with Crippen molar-refractivity contribution in [1.29, 1.82) is 0 Å². The summed E-state index contributed by atoms with van der Waals surface area (Å²) in [5, 5.41) is 4.01. The largest absolute Gasteiger partial charge is 0.465 e. The number of ether oxygens (including phenoxy) is 1. The molecule has 0 aliphatic carbocycles. The molecule has 0 unspecified atom stereocenters. The number of thiophene rings is 1. The number of carbonyl (C=O) groups excluding carboxylic acids is 2. The Kier molecular flexibility index (Phi) is 4.26. The van der Waals surface area contributed by atoms with Gasteiger partial charge in [0.1, 0.15) is 21.9 Å². The highest BCUT2D eigenvalue weighted by atomic mass is 32.1. The first-order chi connectivity index (χ1) is 11.5. The van der Waals surface area contributed by atoms with E-state index in [2.05, 4.69) is 15.3 Å². The van der Waals surface area contributed by atoms with Crippen LogP contribution in [0.25, 0.3) is 10.2 Å². The van der Waals surface area contributed by atoms with Gasteiger partial charge in [0.2, 0.25) is 0 Å². The summed E-state index contributed by atoms with van der Waals surface area (Å²) < 4.78 is 4.81. The van der Waals surface area contributed by atoms with Crippen LogP contribution < -0.4 is 5.32 Å². The van der Waals surface area contributed by atoms with Crippen LogP contribution in [0.5, 0.6) is 0 Å². The first kappa shape index (κ1) is 16.1. The number of carbonyl (C=O) groups is 2. The number of nitrogens with zero attached hydrogens (tertiary/aromatic N) is 2. The maximum Gasteiger partial charge on any atom is 0.348 e. The van der Waals surface area contributed by atoms with Crippen molar-refractivity contribution in [2.45, 2.75) is 13.8 Å². The molecule has 122 valence electrons. The van der Waals surface area contributed by atoms with Gasteiger partial charge in [0.05, 0.1) is 12.5 Å². The summed E-state index contributed by atoms with van der Waals surface area (Å²) in [5.41, 5.74) is 2.23. The van der Waals surface area contributed by atoms with E-state index >= 15 is 0 Å². The summed E-state index contributed by atoms with van der Waals surface area (Å²) in [6.45, 7) is 3.37. The fourth-order valence-electron chi connectivity index (χ4n) is 2.38. The lowest BCUT2D eigenvalue weighted by Crippen LogP contribution is -2.00. The van der Waals surface area contributed by atoms with Crippen molar-refractivity contribution < 1.29 is 14.3 Å². The summed E-state index contributed by atoms with van der Waals surface area (Å²) in [4.78, 5) is 33.0. The number of esters is 1. The molecule has 24 heavy (non-hydrogen) atoms. The molecule has 0 aliphatic heterocycles. The van der Waals surface area contributed by atoms with Crippen molar-refractivity contribution in [2.75, 3.05) is 12.4 Å². The van der Waals surface area contributed by atoms with Gasteiger partial charge >= 0.3 is 5.97 Å². The van der Waals surface area contributed by atoms with Crippen LogP contribution in [0.15, 0.2) is 30.6 Å². The summed E-state index contributed by atoms with van der Waals surface area (Å²) in [6.07, 6.45) is 1.45. The van der Waals surface area contributed by atoms with E-state index in [-0.39, 0.29) is 11.8 Å². The Morgan fingerprint density at radius 1 is 1.17 bits per heavy atom. The molecule has 6 nitrogen and oxygen atoms in total. The molecule has 0 aliphatic rings. The first-order valence-corrected chi connectivity index (χ1v) is 8.03. The molecule has 3 rings (SSSR count). The van der Waals surface area contributed by atoms with Crippen LogP contribution in [-0.4, -0.2) is 28.8 Å². The molecular weight excluding hydrogens is 326 g/mol. The van der Waals surface area contributed by atoms with E-state index in [1.165, 1.54) is 31.7 Å². The van der Waals surface area contributed by atoms with E-state index < -0.39 is 0 Å². The highest BCUT2D eigenvalue weighted by Crippen LogP contribution is 2.34. The van der Waals surface area contributed by atoms with E-state index in [9.17, 15) is 9.59 Å². The number of ketones is 1. The molecule has 0 saturated heterocycles. The molecule has 2 aromatic heterocycles. The molecule has 7 heteroatoms. The van der Waals surface area contributed by atoms with Gasteiger partial charge in [-0.05, 0) is 43.7 Å². The number of aryl methyl sites for hydroxylation is 1. The topological polar surface area (TPSA) is 81.2 Å². The highest BCUT2D eigenvalue weighted by molar-refractivity contribution is 7.20. The van der Waals surface area contributed by atoms with Crippen LogP contribution in [0.1, 0.15) is 32.5 Å². The molecule has 0 saturated carbocycles. The molecule has 0 atom stereocenters. The van der Waals surface area contributed by atoms with Crippen LogP contribution >= 0.6 is 11.3 Å². The third kappa shape index (κ3) is 2.85. The third-order valence-corrected chi connectivity index (χ3v) is 4.83. The van der Waals surface area contributed by atoms with E-state index in [0.717, 1.165) is 16.6 Å². The van der Waals surface area contributed by atoms with Gasteiger partial charge in [-0.3, -0.25) is 4.79 Å². The number of benzene rings is 1. The lowest BCUT2D eigenvalue weighted by atomic mass is 10.1. The van der Waals surface area contributed by atoms with Crippen molar-refractivity contribution in [3.8, 4) is 0 Å². The lowest BCUT2D eigenvalue weighted by molar-refractivity contribution is 0.0605. The molecule has 3 aromatic rings. The van der Waals surface area contributed by atoms with Gasteiger partial charge in [0.25, 0.3) is 0 Å². The van der Waals surface area contributed by atoms with Gasteiger partial charge < -0.3 is 10.1 Å². The summed E-state index contributed by atoms with van der Waals surface area (Å²) in [6, 6.07) is 7.13. The van der Waals surface area contributed by atoms with Crippen molar-refractivity contribution in [2.24, 2.45) is 0 Å². The number of rotatable bonds is 4. The maximum absolute atomic E-state index is 11.9. The Hall–Kier alpha value is -2.80. The molecule has 0 radical (unpaired) electrons. The van der Waals surface area contributed by atoms with Gasteiger partial charge in [-0.1, -0.05) is 0 Å². The average molecular weight is 341 g/mol. The zero-order valence-corrected chi connectivity index (χ0v) is 14.2. The molecule has 0 fully saturated rings. The zero-order valence-electron chi connectivity index (χ0n) is 13.4. The van der Waals surface area contributed by atoms with E-state index in [0.29, 0.717) is 21.1 Å². The van der Waals surface area contributed by atoms with E-state index in [1.807, 2.05) is 19.1 Å². The number of fused-ring (bicyclic) bond motifs is 1. The number of Topliss-reactive ketones (excluding diaryl/α,β-unsaturated/α-hetero) is 1. The Labute approximate surface area is 142 Å². The van der Waals surface area contributed by atoms with E-state index in [1.54, 1.807) is 12.1 Å². The lowest BCUT2D eigenvalue weighted by Gasteiger charge is -2.07. The molecular formula is C17H15N3O3S. The average Bonchev–Trinajstić information content (AvgIpc) is 2.92. The number of hydrogen-bond donors (Lipinski definition) is 1. The number of hydrogen-bond acceptors (Lipinski definition) is 7. The molecule has 2 heterocycles. The zero-order chi connectivity index (χ0) is 17.3. The Balaban J connectivity index is 2.02. The molecule has 1 aromatic carbocycles. The van der Waals surface area contributed by atoms with Crippen LogP contribution in [-0.2, 0) is 4.74 Å². The Morgan fingerprint density at radius 2 is 1.88 bits per heavy atom. The number of nitrogens with one attached hydrogen (secondary N) is 1. The second-order valence-electron chi connectivity index (χ2n) is 5.21. The van der Waals surface area contributed by atoms with Gasteiger partial charge in [0.15, 0.2) is 5.78 Å². The fraction of sp³-hybridized carbons (Fsp3) is 0.176. The van der Waals surface area contributed by atoms with Crippen molar-refractivity contribution >= 4 is 44.8 Å². The Bertz CT molecular complexity index is 932. The van der Waals surface area contributed by atoms with Crippen LogP contribution in [0.4, 0.5) is 11.5 Å². The summed E-state index contributed by atoms with van der Waals surface area (Å²) in [5.74, 6) is 0.245. The van der Waals surface area contributed by atoms with Gasteiger partial charge in [-0.25, -0.2) is 14.8 Å². The minimum Gasteiger partial charge on any atom is -0.465 e. The molecule has 0 amide bonds. The highest BCUT2D eigenvalue weighted by Gasteiger charge is 2.19. The van der Waals surface area contributed by atoms with E-state index in [4.69, 9.17) is 4.74 Å². The van der Waals surface area contributed by atoms with Gasteiger partial charge in [0, 0.05) is 11.3 Å². The van der Waals surface area contributed by atoms with Crippen molar-refractivity contribution in [3.05, 3.63) is 46.6 Å². The number of anilines is 2.